The summed E-state index contributed by atoms with van der Waals surface area (Å²) in [4.78, 5) is 8.44. The van der Waals surface area contributed by atoms with Gasteiger partial charge in [-0.3, -0.25) is 5.10 Å². The van der Waals surface area contributed by atoms with E-state index in [1.807, 2.05) is 18.9 Å². The van der Waals surface area contributed by atoms with Gasteiger partial charge in [0.05, 0.1) is 0 Å². The molecule has 0 amide bonds. The van der Waals surface area contributed by atoms with E-state index in [0.29, 0.717) is 5.82 Å². The Morgan fingerprint density at radius 2 is 1.82 bits per heavy atom. The number of halogens is 3. The van der Waals surface area contributed by atoms with Gasteiger partial charge in [-0.2, -0.15) is 18.3 Å². The third kappa shape index (κ3) is 4.57. The number of aromatic nitrogens is 4. The zero-order valence-electron chi connectivity index (χ0n) is 14.8. The summed E-state index contributed by atoms with van der Waals surface area (Å²) in [5.41, 5.74) is 0.337. The number of H-pyrrole nitrogens is 1. The van der Waals surface area contributed by atoms with E-state index in [1.165, 1.54) is 6.07 Å². The maximum atomic E-state index is 12.6. The number of alkyl halides is 3. The molecule has 0 aliphatic carbocycles. The summed E-state index contributed by atoms with van der Waals surface area (Å²) >= 11 is 0. The summed E-state index contributed by atoms with van der Waals surface area (Å²) in [5.74, 6) is 0.390. The first-order valence-corrected chi connectivity index (χ1v) is 9.56. The lowest BCUT2D eigenvalue weighted by atomic mass is 10.3. The van der Waals surface area contributed by atoms with Gasteiger partial charge in [0.2, 0.25) is 5.09 Å². The molecule has 2 N–H and O–H groups in total. The van der Waals surface area contributed by atoms with Crippen molar-refractivity contribution in [2.75, 3.05) is 6.54 Å². The lowest BCUT2D eigenvalue weighted by Crippen LogP contribution is -2.26. The second-order valence-corrected chi connectivity index (χ2v) is 7.70. The van der Waals surface area contributed by atoms with Gasteiger partial charge in [-0.05, 0) is 38.1 Å². The molecular weight excluding hydrogens is 399 g/mol. The van der Waals surface area contributed by atoms with Gasteiger partial charge in [0.25, 0.3) is 10.0 Å². The van der Waals surface area contributed by atoms with Crippen LogP contribution in [0.5, 0.6) is 0 Å². The molecule has 0 fully saturated rings. The molecule has 0 radical (unpaired) electrons. The molecule has 3 heterocycles. The Labute approximate surface area is 158 Å². The third-order valence-corrected chi connectivity index (χ3v) is 4.98. The van der Waals surface area contributed by atoms with E-state index in [1.54, 1.807) is 6.07 Å². The fourth-order valence-electron chi connectivity index (χ4n) is 2.47. The predicted molar refractivity (Wildman–Crippen MR) is 91.7 cm³/mol. The molecule has 12 heteroatoms. The van der Waals surface area contributed by atoms with E-state index in [4.69, 9.17) is 4.42 Å². The summed E-state index contributed by atoms with van der Waals surface area (Å²) in [5, 5.41) is 4.91. The highest BCUT2D eigenvalue weighted by Gasteiger charge is 2.33. The second-order valence-electron chi connectivity index (χ2n) is 6.00. The van der Waals surface area contributed by atoms with Crippen LogP contribution in [-0.4, -0.2) is 35.1 Å². The van der Waals surface area contributed by atoms with Crippen LogP contribution >= 0.6 is 0 Å². The van der Waals surface area contributed by atoms with Crippen LogP contribution in [0.25, 0.3) is 11.5 Å². The lowest BCUT2D eigenvalue weighted by molar-refractivity contribution is -0.141. The van der Waals surface area contributed by atoms with Crippen molar-refractivity contribution in [3.63, 3.8) is 0 Å². The van der Waals surface area contributed by atoms with Gasteiger partial charge >= 0.3 is 6.18 Å². The van der Waals surface area contributed by atoms with Crippen molar-refractivity contribution in [3.8, 4) is 11.5 Å². The number of aromatic amines is 1. The van der Waals surface area contributed by atoms with Crippen LogP contribution < -0.4 is 4.72 Å². The average Bonchev–Trinajstić information content (AvgIpc) is 3.23. The molecule has 0 unspecified atom stereocenters. The molecule has 0 spiro atoms. The maximum Gasteiger partial charge on any atom is 0.432 e. The first kappa shape index (κ1) is 20.0. The number of sulfonamides is 1. The number of furan rings is 1. The number of nitrogens with zero attached hydrogens (tertiary/aromatic N) is 3. The monoisotopic (exact) mass is 415 g/mol. The maximum absolute atomic E-state index is 12.6. The molecule has 0 aliphatic rings. The number of hydrogen-bond acceptors (Lipinski definition) is 6. The molecular formula is C16H16F3N5O3S. The van der Waals surface area contributed by atoms with Crippen LogP contribution in [0.2, 0.25) is 0 Å². The minimum Gasteiger partial charge on any atom is -0.442 e. The number of rotatable bonds is 6. The van der Waals surface area contributed by atoms with Crippen LogP contribution in [-0.2, 0) is 22.6 Å². The third-order valence-electron chi connectivity index (χ3n) is 3.65. The fraction of sp³-hybridized carbons (Fsp3) is 0.312. The van der Waals surface area contributed by atoms with Gasteiger partial charge in [-0.25, -0.2) is 23.1 Å². The van der Waals surface area contributed by atoms with E-state index in [2.05, 4.69) is 19.8 Å². The second kappa shape index (κ2) is 7.36. The van der Waals surface area contributed by atoms with Crippen molar-refractivity contribution >= 4 is 10.0 Å². The summed E-state index contributed by atoms with van der Waals surface area (Å²) in [6, 6.07) is 4.92. The Kier molecular flexibility index (Phi) is 5.26. The van der Waals surface area contributed by atoms with Crippen LogP contribution in [0.1, 0.15) is 22.9 Å². The molecule has 0 saturated carbocycles. The molecule has 28 heavy (non-hydrogen) atoms. The minimum absolute atomic E-state index is 0.0296. The van der Waals surface area contributed by atoms with Crippen molar-refractivity contribution in [1.29, 1.82) is 0 Å². The van der Waals surface area contributed by atoms with Crippen LogP contribution in [0, 0.1) is 13.8 Å². The molecule has 0 bridgehead atoms. The summed E-state index contributed by atoms with van der Waals surface area (Å²) in [6.07, 6.45) is -4.33. The highest BCUT2D eigenvalue weighted by atomic mass is 32.2. The van der Waals surface area contributed by atoms with E-state index >= 15 is 0 Å². The summed E-state index contributed by atoms with van der Waals surface area (Å²) < 4.78 is 70.0. The number of hydrogen-bond donors (Lipinski definition) is 2. The van der Waals surface area contributed by atoms with Crippen LogP contribution in [0.15, 0.2) is 33.8 Å². The van der Waals surface area contributed by atoms with Crippen LogP contribution in [0.4, 0.5) is 13.2 Å². The zero-order chi connectivity index (χ0) is 20.5. The highest BCUT2D eigenvalue weighted by molar-refractivity contribution is 7.89. The van der Waals surface area contributed by atoms with Gasteiger partial charge in [-0.15, -0.1) is 0 Å². The molecule has 0 aromatic carbocycles. The van der Waals surface area contributed by atoms with E-state index in [0.717, 1.165) is 23.5 Å². The average molecular weight is 415 g/mol. The van der Waals surface area contributed by atoms with Crippen molar-refractivity contribution < 1.29 is 26.0 Å². The SMILES string of the molecule is Cc1cc(C)nc(CCNS(=O)(=O)c2ccc(-c3cc(C(F)(F)F)[nH]n3)o2)n1. The Bertz CT molecular complexity index is 1070. The van der Waals surface area contributed by atoms with Crippen molar-refractivity contribution in [3.05, 3.63) is 47.2 Å². The van der Waals surface area contributed by atoms with Crippen molar-refractivity contribution in [1.82, 2.24) is 24.9 Å². The summed E-state index contributed by atoms with van der Waals surface area (Å²) in [7, 11) is -3.99. The molecule has 0 atom stereocenters. The molecule has 8 nitrogen and oxygen atoms in total. The Morgan fingerprint density at radius 1 is 1.14 bits per heavy atom. The quantitative estimate of drug-likeness (QED) is 0.640. The van der Waals surface area contributed by atoms with Gasteiger partial charge in [-0.1, -0.05) is 0 Å². The van der Waals surface area contributed by atoms with Gasteiger partial charge in [0.15, 0.2) is 5.76 Å². The molecule has 0 aliphatic heterocycles. The normalized spacial score (nSPS) is 12.5. The topological polar surface area (TPSA) is 114 Å². The molecule has 0 saturated heterocycles. The largest absolute Gasteiger partial charge is 0.442 e. The van der Waals surface area contributed by atoms with Crippen molar-refractivity contribution in [2.45, 2.75) is 31.5 Å². The number of nitrogens with one attached hydrogen (secondary N) is 2. The molecule has 3 rings (SSSR count). The van der Waals surface area contributed by atoms with E-state index in [-0.39, 0.29) is 24.4 Å². The Hall–Kier alpha value is -2.73. The molecule has 3 aromatic heterocycles. The zero-order valence-corrected chi connectivity index (χ0v) is 15.6. The fourth-order valence-corrected chi connectivity index (χ4v) is 3.43. The first-order valence-electron chi connectivity index (χ1n) is 8.08. The van der Waals surface area contributed by atoms with Crippen molar-refractivity contribution in [2.24, 2.45) is 0 Å². The Balaban J connectivity index is 1.68. The molecule has 3 aromatic rings. The van der Waals surface area contributed by atoms with Gasteiger partial charge in [0.1, 0.15) is 17.2 Å². The lowest BCUT2D eigenvalue weighted by Gasteiger charge is -2.05. The standard InChI is InChI=1S/C16H16F3N5O3S/c1-9-7-10(2)22-14(21-9)5-6-20-28(25,26)15-4-3-12(27-15)11-8-13(24-23-11)16(17,18)19/h3-4,7-8,20H,5-6H2,1-2H3,(H,23,24). The highest BCUT2D eigenvalue weighted by Crippen LogP contribution is 2.31. The Morgan fingerprint density at radius 3 is 2.43 bits per heavy atom. The number of aryl methyl sites for hydroxylation is 2. The minimum atomic E-state index is -4.59. The first-order chi connectivity index (χ1) is 13.0. The molecule has 150 valence electrons. The van der Waals surface area contributed by atoms with E-state index in [9.17, 15) is 21.6 Å². The predicted octanol–water partition coefficient (Wildman–Crippen LogP) is 2.62. The van der Waals surface area contributed by atoms with Crippen LogP contribution in [0.3, 0.4) is 0 Å². The smallest absolute Gasteiger partial charge is 0.432 e. The van der Waals surface area contributed by atoms with Gasteiger partial charge < -0.3 is 4.42 Å². The summed E-state index contributed by atoms with van der Waals surface area (Å²) in [6.45, 7) is 3.65. The van der Waals surface area contributed by atoms with E-state index < -0.39 is 27.0 Å². The van der Waals surface area contributed by atoms with Gasteiger partial charge in [0, 0.05) is 24.4 Å².